The van der Waals surface area contributed by atoms with Crippen molar-refractivity contribution in [1.82, 2.24) is 14.6 Å². The first-order valence-corrected chi connectivity index (χ1v) is 10.6. The second kappa shape index (κ2) is 7.79. The molecule has 152 valence electrons. The molecule has 2 aromatic carbocycles. The molecule has 3 heterocycles. The highest BCUT2D eigenvalue weighted by Crippen LogP contribution is 2.35. The normalized spacial score (nSPS) is 16.2. The van der Waals surface area contributed by atoms with Gasteiger partial charge in [-0.05, 0) is 42.3 Å². The zero-order chi connectivity index (χ0) is 20.5. The van der Waals surface area contributed by atoms with E-state index in [-0.39, 0.29) is 5.56 Å². The van der Waals surface area contributed by atoms with E-state index in [1.54, 1.807) is 0 Å². The van der Waals surface area contributed by atoms with Gasteiger partial charge in [0.15, 0.2) is 23.4 Å². The van der Waals surface area contributed by atoms with Gasteiger partial charge in [0.2, 0.25) is 4.96 Å². The lowest BCUT2D eigenvalue weighted by Gasteiger charge is -2.24. The van der Waals surface area contributed by atoms with Crippen molar-refractivity contribution in [3.63, 3.8) is 0 Å². The van der Waals surface area contributed by atoms with E-state index in [0.717, 1.165) is 17.7 Å². The molecule has 0 aliphatic carbocycles. The smallest absolute Gasteiger partial charge is 0.291 e. The van der Waals surface area contributed by atoms with E-state index < -0.39 is 6.10 Å². The number of benzene rings is 2. The molecule has 1 atom stereocenters. The topological polar surface area (TPSA) is 74.9 Å². The van der Waals surface area contributed by atoms with Crippen LogP contribution < -0.4 is 24.3 Å². The summed E-state index contributed by atoms with van der Waals surface area (Å²) in [7, 11) is 0. The zero-order valence-electron chi connectivity index (χ0n) is 16.3. The van der Waals surface area contributed by atoms with Crippen molar-refractivity contribution >= 4 is 22.4 Å². The summed E-state index contributed by atoms with van der Waals surface area (Å²) in [5, 5.41) is 4.38. The van der Waals surface area contributed by atoms with Crippen LogP contribution in [0.4, 0.5) is 0 Å². The Kier molecular flexibility index (Phi) is 4.84. The minimum absolute atomic E-state index is 0.197. The maximum atomic E-state index is 12.8. The third-order valence-corrected chi connectivity index (χ3v) is 5.60. The predicted octanol–water partition coefficient (Wildman–Crippen LogP) is 3.00. The van der Waals surface area contributed by atoms with Gasteiger partial charge in [0.1, 0.15) is 12.4 Å². The number of fused-ring (bicyclic) bond motifs is 2. The molecule has 5 rings (SSSR count). The minimum atomic E-state index is -0.450. The van der Waals surface area contributed by atoms with Gasteiger partial charge in [-0.15, -0.1) is 5.10 Å². The second-order valence-corrected chi connectivity index (χ2v) is 7.87. The highest BCUT2D eigenvalue weighted by atomic mass is 32.1. The number of aromatic nitrogens is 3. The summed E-state index contributed by atoms with van der Waals surface area (Å²) in [5.41, 5.74) is 0.721. The van der Waals surface area contributed by atoms with Crippen LogP contribution in [0.25, 0.3) is 11.0 Å². The number of nitrogens with zero attached hydrogens (tertiary/aromatic N) is 3. The van der Waals surface area contributed by atoms with Gasteiger partial charge in [-0.1, -0.05) is 42.5 Å². The molecule has 0 unspecified atom stereocenters. The molecule has 0 spiro atoms. The van der Waals surface area contributed by atoms with E-state index in [1.807, 2.05) is 54.6 Å². The average Bonchev–Trinajstić information content (AvgIpc) is 3.32. The molecule has 0 N–H and O–H groups in total. The summed E-state index contributed by atoms with van der Waals surface area (Å²) in [5.74, 6) is 2.61. The highest BCUT2D eigenvalue weighted by Gasteiger charge is 2.27. The van der Waals surface area contributed by atoms with Crippen molar-refractivity contribution in [2.45, 2.75) is 19.4 Å². The third-order valence-electron chi connectivity index (χ3n) is 4.65. The fourth-order valence-electron chi connectivity index (χ4n) is 3.16. The monoisotopic (exact) mass is 421 g/mol. The molecule has 1 aliphatic rings. The van der Waals surface area contributed by atoms with Crippen molar-refractivity contribution in [3.8, 4) is 17.2 Å². The van der Waals surface area contributed by atoms with E-state index in [4.69, 9.17) is 14.2 Å². The van der Waals surface area contributed by atoms with Crippen LogP contribution in [0.1, 0.15) is 30.8 Å². The Labute approximate surface area is 176 Å². The first kappa shape index (κ1) is 18.6. The van der Waals surface area contributed by atoms with Gasteiger partial charge >= 0.3 is 0 Å². The van der Waals surface area contributed by atoms with Gasteiger partial charge in [0, 0.05) is 0 Å². The summed E-state index contributed by atoms with van der Waals surface area (Å²) in [4.78, 5) is 17.8. The third kappa shape index (κ3) is 3.50. The molecular weight excluding hydrogens is 402 g/mol. The summed E-state index contributed by atoms with van der Waals surface area (Å²) < 4.78 is 19.2. The standard InChI is InChI=1S/C22H19N3O4S/c1-2-11-27-15-9-7-14(8-10-15)12-19-21(26)25-22(30-19)23-20(24-25)18-13-28-16-5-3-4-6-17(16)29-18/h3-10,12,18H,2,11,13H2,1H3/b19-12-/t18-/m0/s1. The fourth-order valence-corrected chi connectivity index (χ4v) is 4.08. The van der Waals surface area contributed by atoms with Crippen molar-refractivity contribution in [3.05, 3.63) is 74.8 Å². The van der Waals surface area contributed by atoms with E-state index in [0.29, 0.717) is 40.0 Å². The lowest BCUT2D eigenvalue weighted by atomic mass is 10.2. The van der Waals surface area contributed by atoms with Gasteiger partial charge in [0.25, 0.3) is 5.56 Å². The average molecular weight is 421 g/mol. The molecule has 8 heteroatoms. The van der Waals surface area contributed by atoms with Gasteiger partial charge in [-0.25, -0.2) is 0 Å². The number of ether oxygens (including phenoxy) is 3. The number of para-hydroxylation sites is 2. The Hall–Kier alpha value is -3.39. The molecule has 7 nitrogen and oxygen atoms in total. The number of thiazole rings is 1. The summed E-state index contributed by atoms with van der Waals surface area (Å²) in [6.07, 6.45) is 2.35. The van der Waals surface area contributed by atoms with Crippen LogP contribution in [-0.4, -0.2) is 27.8 Å². The van der Waals surface area contributed by atoms with E-state index in [1.165, 1.54) is 15.9 Å². The Morgan fingerprint density at radius 1 is 1.20 bits per heavy atom. The maximum Gasteiger partial charge on any atom is 0.291 e. The first-order valence-electron chi connectivity index (χ1n) is 9.74. The lowest BCUT2D eigenvalue weighted by Crippen LogP contribution is -2.26. The van der Waals surface area contributed by atoms with Gasteiger partial charge in [-0.3, -0.25) is 4.79 Å². The zero-order valence-corrected chi connectivity index (χ0v) is 17.1. The summed E-state index contributed by atoms with van der Waals surface area (Å²) in [6.45, 7) is 3.05. The lowest BCUT2D eigenvalue weighted by molar-refractivity contribution is 0.0852. The number of hydrogen-bond donors (Lipinski definition) is 0. The van der Waals surface area contributed by atoms with Crippen LogP contribution in [-0.2, 0) is 0 Å². The van der Waals surface area contributed by atoms with E-state index >= 15 is 0 Å². The van der Waals surface area contributed by atoms with Crippen molar-refractivity contribution < 1.29 is 14.2 Å². The molecule has 0 amide bonds. The summed E-state index contributed by atoms with van der Waals surface area (Å²) >= 11 is 1.30. The SMILES string of the molecule is CCCOc1ccc(/C=c2\sc3nc([C@@H]4COc5ccccc5O4)nn3c2=O)cc1. The Morgan fingerprint density at radius 3 is 2.77 bits per heavy atom. The number of hydrogen-bond acceptors (Lipinski definition) is 7. The molecule has 0 fully saturated rings. The van der Waals surface area contributed by atoms with E-state index in [2.05, 4.69) is 17.0 Å². The molecule has 0 radical (unpaired) electrons. The quantitative estimate of drug-likeness (QED) is 0.493. The van der Waals surface area contributed by atoms with Gasteiger partial charge in [0.05, 0.1) is 11.1 Å². The molecule has 2 aromatic heterocycles. The fraction of sp³-hybridized carbons (Fsp3) is 0.227. The van der Waals surface area contributed by atoms with Crippen molar-refractivity contribution in [2.24, 2.45) is 0 Å². The molecule has 0 saturated carbocycles. The van der Waals surface area contributed by atoms with Gasteiger partial charge in [-0.2, -0.15) is 9.50 Å². The molecule has 4 aromatic rings. The molecular formula is C22H19N3O4S. The Morgan fingerprint density at radius 2 is 2.00 bits per heavy atom. The van der Waals surface area contributed by atoms with Crippen LogP contribution in [0.15, 0.2) is 53.3 Å². The maximum absolute atomic E-state index is 12.8. The van der Waals surface area contributed by atoms with Crippen LogP contribution in [0.3, 0.4) is 0 Å². The highest BCUT2D eigenvalue weighted by molar-refractivity contribution is 7.15. The second-order valence-electron chi connectivity index (χ2n) is 6.86. The first-order chi connectivity index (χ1) is 14.7. The van der Waals surface area contributed by atoms with E-state index in [9.17, 15) is 4.79 Å². The van der Waals surface area contributed by atoms with Crippen molar-refractivity contribution in [2.75, 3.05) is 13.2 Å². The molecule has 0 bridgehead atoms. The van der Waals surface area contributed by atoms with Crippen LogP contribution in [0.2, 0.25) is 0 Å². The van der Waals surface area contributed by atoms with Crippen molar-refractivity contribution in [1.29, 1.82) is 0 Å². The predicted molar refractivity (Wildman–Crippen MR) is 113 cm³/mol. The molecule has 1 aliphatic heterocycles. The molecule has 30 heavy (non-hydrogen) atoms. The van der Waals surface area contributed by atoms with Crippen LogP contribution in [0, 0.1) is 0 Å². The minimum Gasteiger partial charge on any atom is -0.494 e. The largest absolute Gasteiger partial charge is 0.494 e. The number of rotatable bonds is 5. The van der Waals surface area contributed by atoms with Gasteiger partial charge < -0.3 is 14.2 Å². The molecule has 0 saturated heterocycles. The summed E-state index contributed by atoms with van der Waals surface area (Å²) in [6, 6.07) is 15.1. The Bertz CT molecular complexity index is 1300. The Balaban J connectivity index is 1.40. The van der Waals surface area contributed by atoms with Crippen LogP contribution >= 0.6 is 11.3 Å². The van der Waals surface area contributed by atoms with Crippen LogP contribution in [0.5, 0.6) is 17.2 Å².